The molecule has 0 saturated carbocycles. The lowest BCUT2D eigenvalue weighted by Crippen LogP contribution is -2.30. The summed E-state index contributed by atoms with van der Waals surface area (Å²) in [5, 5.41) is 0. The Balaban J connectivity index is 4.41. The van der Waals surface area contributed by atoms with Gasteiger partial charge < -0.3 is 14.2 Å². The molecule has 0 aliphatic heterocycles. The van der Waals surface area contributed by atoms with Crippen molar-refractivity contribution < 1.29 is 28.6 Å². The topological polar surface area (TPSA) is 78.9 Å². The van der Waals surface area contributed by atoms with Crippen LogP contribution in [0.25, 0.3) is 0 Å². The average Bonchev–Trinajstić information content (AvgIpc) is 3.49. The van der Waals surface area contributed by atoms with Crippen molar-refractivity contribution in [3.63, 3.8) is 0 Å². The smallest absolute Gasteiger partial charge is 0.309 e. The minimum absolute atomic E-state index is 0.114. The molecule has 0 aromatic carbocycles. The van der Waals surface area contributed by atoms with E-state index in [4.69, 9.17) is 14.2 Å². The Kier molecular flexibility index (Phi) is 65.8. The molecule has 0 N–H and O–H groups in total. The number of carbonyl (C=O) groups excluding carboxylic acids is 3. The van der Waals surface area contributed by atoms with E-state index in [-0.39, 0.29) is 31.6 Å². The molecule has 0 saturated heterocycles. The zero-order valence-electron chi connectivity index (χ0n) is 53.9. The van der Waals surface area contributed by atoms with Gasteiger partial charge in [0.15, 0.2) is 6.10 Å². The number of unbranched alkanes of at least 4 members (excludes halogenated alkanes) is 27. The summed E-state index contributed by atoms with van der Waals surface area (Å²) in [6.45, 7) is 6.33. The molecule has 0 fully saturated rings. The fraction of sp³-hybridized carbons (Fsp3) is 0.649. The molecule has 0 bridgehead atoms. The van der Waals surface area contributed by atoms with Gasteiger partial charge in [0, 0.05) is 12.8 Å². The molecule has 6 nitrogen and oxygen atoms in total. The molecule has 1 unspecified atom stereocenters. The van der Waals surface area contributed by atoms with Crippen molar-refractivity contribution in [3.8, 4) is 0 Å². The first-order valence-electron chi connectivity index (χ1n) is 34.3. The molecule has 0 heterocycles. The lowest BCUT2D eigenvalue weighted by molar-refractivity contribution is -0.166. The summed E-state index contributed by atoms with van der Waals surface area (Å²) in [7, 11) is 0. The second-order valence-corrected chi connectivity index (χ2v) is 22.3. The number of hydrogen-bond donors (Lipinski definition) is 0. The summed E-state index contributed by atoms with van der Waals surface area (Å²) in [6.07, 6.45) is 100. The monoisotopic (exact) mass is 1150 g/mol. The first-order valence-corrected chi connectivity index (χ1v) is 34.3. The van der Waals surface area contributed by atoms with Gasteiger partial charge in [-0.2, -0.15) is 0 Å². The van der Waals surface area contributed by atoms with Crippen molar-refractivity contribution in [1.82, 2.24) is 0 Å². The normalized spacial score (nSPS) is 13.0. The highest BCUT2D eigenvalue weighted by Crippen LogP contribution is 2.16. The number of allylic oxidation sites excluding steroid dienone is 23. The Morgan fingerprint density at radius 2 is 0.518 bits per heavy atom. The SMILES string of the molecule is CC/C=C\C/C=C\C/C=C\C/C=C\C/C=C\CCCCCCCCCCCCCC(=O)OCC(COC(=O)C/C=C\C/C=C\C/C=C\C/C=C\C/C=C\CC)OC(=O)CCCCCCCCCCCCC/C=C\C/C=C\CCCCCCC. The predicted octanol–water partition coefficient (Wildman–Crippen LogP) is 23.9. The third-order valence-corrected chi connectivity index (χ3v) is 14.3. The van der Waals surface area contributed by atoms with Crippen LogP contribution in [0.3, 0.4) is 0 Å². The van der Waals surface area contributed by atoms with Crippen LogP contribution in [0.5, 0.6) is 0 Å². The van der Waals surface area contributed by atoms with Crippen LogP contribution < -0.4 is 0 Å². The molecule has 0 rings (SSSR count). The highest BCUT2D eigenvalue weighted by molar-refractivity contribution is 5.72. The number of rotatable bonds is 61. The zero-order chi connectivity index (χ0) is 59.9. The van der Waals surface area contributed by atoms with Gasteiger partial charge in [0.25, 0.3) is 0 Å². The van der Waals surface area contributed by atoms with E-state index in [2.05, 4.69) is 154 Å². The van der Waals surface area contributed by atoms with Crippen LogP contribution in [0.2, 0.25) is 0 Å². The fourth-order valence-corrected chi connectivity index (χ4v) is 9.28. The Bertz CT molecular complexity index is 1800. The molecule has 1 atom stereocenters. The maximum absolute atomic E-state index is 12.9. The highest BCUT2D eigenvalue weighted by Gasteiger charge is 2.19. The van der Waals surface area contributed by atoms with Crippen molar-refractivity contribution >= 4 is 17.9 Å². The molecule has 0 aromatic rings. The van der Waals surface area contributed by atoms with Crippen molar-refractivity contribution in [2.24, 2.45) is 0 Å². The molecule has 83 heavy (non-hydrogen) atoms. The number of hydrogen-bond acceptors (Lipinski definition) is 6. The lowest BCUT2D eigenvalue weighted by atomic mass is 10.0. The molecule has 0 aromatic heterocycles. The summed E-state index contributed by atoms with van der Waals surface area (Å²) in [5.74, 6) is -1.05. The van der Waals surface area contributed by atoms with E-state index in [1.54, 1.807) is 6.08 Å². The third kappa shape index (κ3) is 68.0. The van der Waals surface area contributed by atoms with Gasteiger partial charge in [0.05, 0.1) is 6.42 Å². The summed E-state index contributed by atoms with van der Waals surface area (Å²) >= 11 is 0. The fourth-order valence-electron chi connectivity index (χ4n) is 9.28. The predicted molar refractivity (Wildman–Crippen MR) is 362 cm³/mol. The van der Waals surface area contributed by atoms with E-state index in [1.807, 2.05) is 6.08 Å². The van der Waals surface area contributed by atoms with Crippen molar-refractivity contribution in [2.45, 2.75) is 309 Å². The second kappa shape index (κ2) is 69.8. The molecule has 0 amide bonds. The second-order valence-electron chi connectivity index (χ2n) is 22.3. The quantitative estimate of drug-likeness (QED) is 0.0261. The van der Waals surface area contributed by atoms with Gasteiger partial charge in [0.2, 0.25) is 0 Å². The highest BCUT2D eigenvalue weighted by atomic mass is 16.6. The van der Waals surface area contributed by atoms with E-state index < -0.39 is 12.1 Å². The molecular weight excluding hydrogens is 1020 g/mol. The molecule has 0 radical (unpaired) electrons. The number of ether oxygens (including phenoxy) is 3. The van der Waals surface area contributed by atoms with Crippen molar-refractivity contribution in [1.29, 1.82) is 0 Å². The summed E-state index contributed by atoms with van der Waals surface area (Å²) in [5.41, 5.74) is 0. The molecule has 6 heteroatoms. The molecule has 0 aliphatic rings. The maximum Gasteiger partial charge on any atom is 0.309 e. The Hall–Kier alpha value is -4.71. The zero-order valence-corrected chi connectivity index (χ0v) is 53.9. The summed E-state index contributed by atoms with van der Waals surface area (Å²) < 4.78 is 16.9. The molecule has 0 spiro atoms. The Labute approximate surface area is 512 Å². The standard InChI is InChI=1S/C77H126O6/c1-4-7-10-13-16-19-22-25-28-30-32-34-36-37-38-39-41-42-44-46-49-52-55-58-61-64-67-70-76(79)82-73-74(72-81-75(78)69-66-63-60-57-54-51-48-27-24-21-18-15-12-9-6-3)83-77(80)71-68-65-62-59-56-53-50-47-45-43-40-35-33-31-29-26-23-20-17-14-11-8-5-2/h7,9-10,12,16,18-19,21,23,25-28,31-34,37-38,48,54,57,63,66,74H,4-6,8,11,13-15,17,20,22,24,29-30,35-36,39-47,49-53,55-56,58-62,64-65,67-73H2,1-3H3/b10-7-,12-9-,19-16-,21-18-,26-23-,28-25-,33-31-,34-32-,38-37-,48-27-,57-54-,66-63-. The van der Waals surface area contributed by atoms with Crippen LogP contribution >= 0.6 is 0 Å². The number of carbonyl (C=O) groups is 3. The van der Waals surface area contributed by atoms with E-state index in [1.165, 1.54) is 154 Å². The first-order chi connectivity index (χ1) is 41.0. The van der Waals surface area contributed by atoms with Crippen molar-refractivity contribution in [2.75, 3.05) is 13.2 Å². The maximum atomic E-state index is 12.9. The van der Waals surface area contributed by atoms with Crippen LogP contribution in [0, 0.1) is 0 Å². The van der Waals surface area contributed by atoms with E-state index >= 15 is 0 Å². The average molecular weight is 1150 g/mol. The van der Waals surface area contributed by atoms with E-state index in [0.717, 1.165) is 109 Å². The van der Waals surface area contributed by atoms with Gasteiger partial charge in [0.1, 0.15) is 13.2 Å². The van der Waals surface area contributed by atoms with Crippen LogP contribution in [-0.4, -0.2) is 37.2 Å². The summed E-state index contributed by atoms with van der Waals surface area (Å²) in [6, 6.07) is 0. The minimum atomic E-state index is -0.828. The van der Waals surface area contributed by atoms with Crippen LogP contribution in [0.15, 0.2) is 146 Å². The number of esters is 3. The van der Waals surface area contributed by atoms with Crippen LogP contribution in [0.1, 0.15) is 303 Å². The Morgan fingerprint density at radius 1 is 0.265 bits per heavy atom. The van der Waals surface area contributed by atoms with Gasteiger partial charge in [-0.15, -0.1) is 0 Å². The largest absolute Gasteiger partial charge is 0.462 e. The van der Waals surface area contributed by atoms with Gasteiger partial charge in [-0.25, -0.2) is 0 Å². The summed E-state index contributed by atoms with van der Waals surface area (Å²) in [4.78, 5) is 38.4. The van der Waals surface area contributed by atoms with Gasteiger partial charge in [-0.05, 0) is 122 Å². The minimum Gasteiger partial charge on any atom is -0.462 e. The lowest BCUT2D eigenvalue weighted by Gasteiger charge is -2.18. The van der Waals surface area contributed by atoms with Crippen molar-refractivity contribution in [3.05, 3.63) is 146 Å². The van der Waals surface area contributed by atoms with Gasteiger partial charge in [-0.3, -0.25) is 14.4 Å². The molecule has 0 aliphatic carbocycles. The molecular formula is C77H126O6. The van der Waals surface area contributed by atoms with E-state index in [0.29, 0.717) is 12.8 Å². The van der Waals surface area contributed by atoms with Crippen LogP contribution in [-0.2, 0) is 28.6 Å². The Morgan fingerprint density at radius 3 is 0.843 bits per heavy atom. The first kappa shape index (κ1) is 78.3. The molecule has 470 valence electrons. The third-order valence-electron chi connectivity index (χ3n) is 14.3. The van der Waals surface area contributed by atoms with Gasteiger partial charge >= 0.3 is 17.9 Å². The van der Waals surface area contributed by atoms with Gasteiger partial charge in [-0.1, -0.05) is 308 Å². The van der Waals surface area contributed by atoms with E-state index in [9.17, 15) is 14.4 Å². The van der Waals surface area contributed by atoms with Crippen LogP contribution in [0.4, 0.5) is 0 Å².